The van der Waals surface area contributed by atoms with Crippen molar-refractivity contribution in [3.05, 3.63) is 44.8 Å². The molecular weight excluding hydrogens is 298 g/mol. The molecule has 0 aliphatic carbocycles. The van der Waals surface area contributed by atoms with Crippen molar-refractivity contribution in [2.45, 2.75) is 24.5 Å². The van der Waals surface area contributed by atoms with Crippen LogP contribution in [0.2, 0.25) is 0 Å². The van der Waals surface area contributed by atoms with Crippen molar-refractivity contribution in [3.63, 3.8) is 0 Å². The van der Waals surface area contributed by atoms with Gasteiger partial charge in [-0.1, -0.05) is 0 Å². The first-order valence-corrected chi connectivity index (χ1v) is 8.21. The summed E-state index contributed by atoms with van der Waals surface area (Å²) >= 11 is 3.32. The Kier molecular flexibility index (Phi) is 4.69. The van der Waals surface area contributed by atoms with E-state index >= 15 is 0 Å². The van der Waals surface area contributed by atoms with Crippen molar-refractivity contribution >= 4 is 22.7 Å². The third-order valence-corrected chi connectivity index (χ3v) is 5.45. The first-order chi connectivity index (χ1) is 8.73. The van der Waals surface area contributed by atoms with Crippen LogP contribution in [0.15, 0.2) is 33.7 Å². The quantitative estimate of drug-likeness (QED) is 0.725. The molecule has 19 heavy (non-hydrogen) atoms. The maximum absolute atomic E-state index is 11.4. The summed E-state index contributed by atoms with van der Waals surface area (Å²) in [5, 5.41) is 19.7. The van der Waals surface area contributed by atoms with E-state index in [0.29, 0.717) is 0 Å². The van der Waals surface area contributed by atoms with Crippen molar-refractivity contribution in [1.82, 2.24) is 0 Å². The number of thiophene rings is 2. The average Bonchev–Trinajstić information content (AvgIpc) is 3.11. The molecular formula is C14H18ClNOS2. The lowest BCUT2D eigenvalue weighted by Gasteiger charge is -2.34. The molecule has 2 unspecified atom stereocenters. The maximum Gasteiger partial charge on any atom is 0.168 e. The fraction of sp³-hybridized carbons (Fsp3) is 0.429. The molecule has 2 aromatic heterocycles. The summed E-state index contributed by atoms with van der Waals surface area (Å²) in [5.41, 5.74) is 1.29. The molecule has 0 amide bonds. The number of rotatable bonds is 3. The zero-order chi connectivity index (χ0) is 12.6. The zero-order valence-electron chi connectivity index (χ0n) is 10.8. The number of halogens is 1. The van der Waals surface area contributed by atoms with Crippen LogP contribution < -0.4 is 17.3 Å². The molecule has 3 heterocycles. The number of hydrogen-bond donors (Lipinski definition) is 2. The molecule has 2 aromatic rings. The highest BCUT2D eigenvalue weighted by Gasteiger charge is 2.47. The largest absolute Gasteiger partial charge is 1.00 e. The number of nitrogens with one attached hydrogen (secondary N) is 1. The summed E-state index contributed by atoms with van der Waals surface area (Å²) in [4.78, 5) is 1.44. The zero-order valence-corrected chi connectivity index (χ0v) is 13.2. The predicted molar refractivity (Wildman–Crippen MR) is 76.4 cm³/mol. The van der Waals surface area contributed by atoms with Gasteiger partial charge in [0.05, 0.1) is 13.6 Å². The van der Waals surface area contributed by atoms with Gasteiger partial charge < -0.3 is 22.4 Å². The van der Waals surface area contributed by atoms with Crippen LogP contribution in [0.4, 0.5) is 0 Å². The van der Waals surface area contributed by atoms with E-state index in [9.17, 15) is 5.11 Å². The minimum absolute atomic E-state index is 0. The molecule has 1 saturated heterocycles. The molecule has 1 aliphatic rings. The highest BCUT2D eigenvalue weighted by molar-refractivity contribution is 7.08. The molecule has 0 saturated carbocycles. The summed E-state index contributed by atoms with van der Waals surface area (Å²) in [6, 6.07) is 4.39. The average molecular weight is 316 g/mol. The van der Waals surface area contributed by atoms with Crippen molar-refractivity contribution < 1.29 is 22.4 Å². The normalized spacial score (nSPS) is 23.3. The monoisotopic (exact) mass is 315 g/mol. The minimum atomic E-state index is -0.819. The molecule has 0 aromatic carbocycles. The van der Waals surface area contributed by atoms with Crippen LogP contribution in [0.3, 0.4) is 0 Å². The summed E-state index contributed by atoms with van der Waals surface area (Å²) in [5.74, 6) is 0. The molecule has 2 nitrogen and oxygen atoms in total. The summed E-state index contributed by atoms with van der Waals surface area (Å²) in [7, 11) is 2.20. The van der Waals surface area contributed by atoms with Gasteiger partial charge in [0.2, 0.25) is 0 Å². The number of likely N-dealkylation sites (N-methyl/N-ethyl adjacent to an activating group) is 1. The van der Waals surface area contributed by atoms with Gasteiger partial charge in [-0.25, -0.2) is 0 Å². The molecule has 1 aliphatic heterocycles. The second-order valence-electron chi connectivity index (χ2n) is 5.08. The van der Waals surface area contributed by atoms with E-state index in [2.05, 4.69) is 40.7 Å². The predicted octanol–water partition coefficient (Wildman–Crippen LogP) is -1.27. The molecule has 2 atom stereocenters. The third kappa shape index (κ3) is 2.48. The lowest BCUT2D eigenvalue weighted by Crippen LogP contribution is -3.12. The Morgan fingerprint density at radius 1 is 1.21 bits per heavy atom. The van der Waals surface area contributed by atoms with E-state index in [4.69, 9.17) is 0 Å². The highest BCUT2D eigenvalue weighted by Crippen LogP contribution is 2.36. The van der Waals surface area contributed by atoms with Gasteiger partial charge in [0.25, 0.3) is 0 Å². The molecule has 104 valence electrons. The lowest BCUT2D eigenvalue weighted by atomic mass is 9.81. The fourth-order valence-electron chi connectivity index (χ4n) is 3.10. The van der Waals surface area contributed by atoms with Crippen molar-refractivity contribution in [2.75, 3.05) is 13.6 Å². The van der Waals surface area contributed by atoms with Gasteiger partial charge >= 0.3 is 0 Å². The number of hydrogen-bond acceptors (Lipinski definition) is 3. The van der Waals surface area contributed by atoms with Crippen molar-refractivity contribution in [1.29, 1.82) is 0 Å². The van der Waals surface area contributed by atoms with E-state index in [1.165, 1.54) is 11.3 Å². The third-order valence-electron chi connectivity index (χ3n) is 4.09. The SMILES string of the molecule is C[NH+]1CCCC1C(O)(c1ccsc1)c1ccsc1.[Cl-]. The minimum Gasteiger partial charge on any atom is -1.00 e. The summed E-state index contributed by atoms with van der Waals surface area (Å²) < 4.78 is 0. The Balaban J connectivity index is 0.00000133. The fourth-order valence-corrected chi connectivity index (χ4v) is 4.52. The number of aliphatic hydroxyl groups is 1. The van der Waals surface area contributed by atoms with Crippen LogP contribution in [-0.4, -0.2) is 24.7 Å². The van der Waals surface area contributed by atoms with Crippen LogP contribution in [-0.2, 0) is 5.60 Å². The van der Waals surface area contributed by atoms with Gasteiger partial charge in [-0.05, 0) is 33.7 Å². The van der Waals surface area contributed by atoms with Gasteiger partial charge in [-0.15, -0.1) is 0 Å². The van der Waals surface area contributed by atoms with E-state index in [0.717, 1.165) is 24.1 Å². The van der Waals surface area contributed by atoms with Gasteiger partial charge in [0.15, 0.2) is 5.60 Å². The van der Waals surface area contributed by atoms with Crippen molar-refractivity contribution in [3.8, 4) is 0 Å². The van der Waals surface area contributed by atoms with Crippen LogP contribution in [0.1, 0.15) is 24.0 Å². The number of quaternary nitrogens is 1. The van der Waals surface area contributed by atoms with Crippen molar-refractivity contribution in [2.24, 2.45) is 0 Å². The lowest BCUT2D eigenvalue weighted by molar-refractivity contribution is -0.900. The Bertz CT molecular complexity index is 463. The number of likely N-dealkylation sites (tertiary alicyclic amines) is 1. The van der Waals surface area contributed by atoms with Gasteiger partial charge in [0.1, 0.15) is 6.04 Å². The van der Waals surface area contributed by atoms with E-state index < -0.39 is 5.60 Å². The topological polar surface area (TPSA) is 24.7 Å². The van der Waals surface area contributed by atoms with Gasteiger partial charge in [0, 0.05) is 24.0 Å². The summed E-state index contributed by atoms with van der Waals surface area (Å²) in [6.07, 6.45) is 2.29. The maximum atomic E-state index is 11.4. The first kappa shape index (κ1) is 15.0. The second-order valence-corrected chi connectivity index (χ2v) is 6.64. The Morgan fingerprint density at radius 3 is 2.16 bits per heavy atom. The smallest absolute Gasteiger partial charge is 0.168 e. The van der Waals surface area contributed by atoms with Crippen LogP contribution in [0.25, 0.3) is 0 Å². The highest BCUT2D eigenvalue weighted by atomic mass is 35.5. The molecule has 5 heteroatoms. The van der Waals surface area contributed by atoms with Crippen LogP contribution >= 0.6 is 22.7 Å². The van der Waals surface area contributed by atoms with E-state index in [1.807, 2.05) is 0 Å². The molecule has 1 fully saturated rings. The van der Waals surface area contributed by atoms with Gasteiger partial charge in [-0.2, -0.15) is 22.7 Å². The summed E-state index contributed by atoms with van der Waals surface area (Å²) in [6.45, 7) is 1.15. The van der Waals surface area contributed by atoms with Crippen LogP contribution in [0, 0.1) is 0 Å². The van der Waals surface area contributed by atoms with Gasteiger partial charge in [-0.3, -0.25) is 0 Å². The van der Waals surface area contributed by atoms with Crippen LogP contribution in [0.5, 0.6) is 0 Å². The van der Waals surface area contributed by atoms with E-state index in [1.54, 1.807) is 22.7 Å². The second kappa shape index (κ2) is 5.94. The standard InChI is InChI=1S/C14H17NOS2.ClH/c1-15-6-2-3-13(15)14(16,11-4-7-17-9-11)12-5-8-18-10-12;/h4-5,7-10,13,16H,2-3,6H2,1H3;1H. The Morgan fingerprint density at radius 2 is 1.79 bits per heavy atom. The molecule has 3 rings (SSSR count). The molecule has 0 radical (unpaired) electrons. The Labute approximate surface area is 128 Å². The molecule has 2 N–H and O–H groups in total. The van der Waals surface area contributed by atoms with E-state index in [-0.39, 0.29) is 18.4 Å². The molecule has 0 spiro atoms. The first-order valence-electron chi connectivity index (χ1n) is 6.33. The Hall–Kier alpha value is -0.390. The molecule has 0 bridgehead atoms.